The molecular formula is C13H13Cl2N5. The van der Waals surface area contributed by atoms with E-state index in [2.05, 4.69) is 15.0 Å². The van der Waals surface area contributed by atoms with Crippen LogP contribution in [0.15, 0.2) is 36.9 Å². The van der Waals surface area contributed by atoms with Crippen LogP contribution in [0.25, 0.3) is 11.2 Å². The minimum absolute atomic E-state index is 0. The fourth-order valence-electron chi connectivity index (χ4n) is 2.01. The summed E-state index contributed by atoms with van der Waals surface area (Å²) in [5.74, 6) is 0.861. The lowest BCUT2D eigenvalue weighted by atomic mass is 10.2. The van der Waals surface area contributed by atoms with Gasteiger partial charge in [0.25, 0.3) is 5.82 Å². The third kappa shape index (κ3) is 2.75. The predicted molar refractivity (Wildman–Crippen MR) is 73.4 cm³/mol. The van der Waals surface area contributed by atoms with Crippen molar-refractivity contribution in [2.24, 2.45) is 0 Å². The average Bonchev–Trinajstić information content (AvgIpc) is 2.84. The van der Waals surface area contributed by atoms with Crippen LogP contribution in [0.5, 0.6) is 0 Å². The van der Waals surface area contributed by atoms with Crippen molar-refractivity contribution in [1.29, 1.82) is 0 Å². The first-order chi connectivity index (χ1) is 9.28. The van der Waals surface area contributed by atoms with E-state index in [4.69, 9.17) is 11.6 Å². The Hall–Kier alpha value is -1.69. The second-order valence-electron chi connectivity index (χ2n) is 4.22. The maximum Gasteiger partial charge on any atom is 0.255 e. The minimum Gasteiger partial charge on any atom is -1.00 e. The van der Waals surface area contributed by atoms with Gasteiger partial charge >= 0.3 is 0 Å². The SMILES string of the molecule is C[NH2+]c1ncnc2c1ncn2Cc1ccc(Cl)cc1.[Cl-]. The minimum atomic E-state index is 0. The molecule has 0 aliphatic carbocycles. The van der Waals surface area contributed by atoms with E-state index >= 15 is 0 Å². The highest BCUT2D eigenvalue weighted by molar-refractivity contribution is 6.30. The Morgan fingerprint density at radius 2 is 1.90 bits per heavy atom. The number of nitrogens with two attached hydrogens (primary N) is 1. The lowest BCUT2D eigenvalue weighted by Gasteiger charge is -2.04. The van der Waals surface area contributed by atoms with Crippen molar-refractivity contribution >= 4 is 28.6 Å². The Labute approximate surface area is 127 Å². The summed E-state index contributed by atoms with van der Waals surface area (Å²) < 4.78 is 2.01. The zero-order valence-electron chi connectivity index (χ0n) is 10.8. The quantitative estimate of drug-likeness (QED) is 0.631. The van der Waals surface area contributed by atoms with Gasteiger partial charge in [-0.3, -0.25) is 5.32 Å². The van der Waals surface area contributed by atoms with Crippen molar-refractivity contribution in [2.75, 3.05) is 7.05 Å². The van der Waals surface area contributed by atoms with Gasteiger partial charge < -0.3 is 17.0 Å². The van der Waals surface area contributed by atoms with E-state index in [1.807, 2.05) is 41.2 Å². The van der Waals surface area contributed by atoms with E-state index in [1.54, 1.807) is 12.7 Å². The van der Waals surface area contributed by atoms with E-state index in [-0.39, 0.29) is 12.4 Å². The first-order valence-electron chi connectivity index (χ1n) is 5.97. The summed E-state index contributed by atoms with van der Waals surface area (Å²) in [4.78, 5) is 12.9. The number of quaternary nitrogens is 1. The van der Waals surface area contributed by atoms with Gasteiger partial charge in [-0.1, -0.05) is 23.7 Å². The fraction of sp³-hybridized carbons (Fsp3) is 0.154. The summed E-state index contributed by atoms with van der Waals surface area (Å²) >= 11 is 5.88. The molecule has 0 spiro atoms. The molecule has 0 radical (unpaired) electrons. The summed E-state index contributed by atoms with van der Waals surface area (Å²) in [7, 11) is 1.94. The fourth-order valence-corrected chi connectivity index (χ4v) is 2.14. The standard InChI is InChI=1S/C13H12ClN5.ClH/c1-15-12-11-13(17-7-16-12)19(8-18-11)6-9-2-4-10(14)5-3-9;/h2-5,7-8H,6H2,1H3,(H,15,16,17);1H. The highest BCUT2D eigenvalue weighted by Crippen LogP contribution is 2.16. The van der Waals surface area contributed by atoms with Crippen LogP contribution in [0.3, 0.4) is 0 Å². The molecule has 3 rings (SSSR count). The molecule has 0 atom stereocenters. The van der Waals surface area contributed by atoms with Crippen LogP contribution in [0, 0.1) is 0 Å². The zero-order chi connectivity index (χ0) is 13.2. The number of imidazole rings is 1. The number of hydrogen-bond donors (Lipinski definition) is 1. The van der Waals surface area contributed by atoms with Gasteiger partial charge in [-0.25, -0.2) is 9.97 Å². The molecule has 0 saturated carbocycles. The smallest absolute Gasteiger partial charge is 0.255 e. The number of halogens is 2. The number of nitrogens with zero attached hydrogens (tertiary/aromatic N) is 4. The van der Waals surface area contributed by atoms with Gasteiger partial charge in [0.05, 0.1) is 19.9 Å². The zero-order valence-corrected chi connectivity index (χ0v) is 12.3. The number of hydrogen-bond acceptors (Lipinski definition) is 3. The van der Waals surface area contributed by atoms with Gasteiger partial charge in [0.15, 0.2) is 11.2 Å². The molecule has 0 aliphatic heterocycles. The number of aromatic nitrogens is 4. The highest BCUT2D eigenvalue weighted by Gasteiger charge is 2.11. The van der Waals surface area contributed by atoms with Crippen molar-refractivity contribution in [3.63, 3.8) is 0 Å². The van der Waals surface area contributed by atoms with Gasteiger partial charge in [0.1, 0.15) is 6.33 Å². The Bertz CT molecular complexity index is 708. The Balaban J connectivity index is 0.00000147. The molecule has 5 nitrogen and oxygen atoms in total. The molecule has 0 aliphatic rings. The Morgan fingerprint density at radius 3 is 2.60 bits per heavy atom. The first kappa shape index (κ1) is 14.7. The first-order valence-corrected chi connectivity index (χ1v) is 6.35. The van der Waals surface area contributed by atoms with Gasteiger partial charge in [0.2, 0.25) is 0 Å². The molecule has 0 bridgehead atoms. The molecule has 1 aromatic carbocycles. The van der Waals surface area contributed by atoms with Crippen molar-refractivity contribution in [3.05, 3.63) is 47.5 Å². The van der Waals surface area contributed by atoms with Crippen molar-refractivity contribution in [2.45, 2.75) is 6.54 Å². The second-order valence-corrected chi connectivity index (χ2v) is 4.66. The van der Waals surface area contributed by atoms with E-state index in [0.29, 0.717) is 6.54 Å². The van der Waals surface area contributed by atoms with Gasteiger partial charge in [0, 0.05) is 5.02 Å². The monoisotopic (exact) mass is 309 g/mol. The molecule has 104 valence electrons. The Morgan fingerprint density at radius 1 is 1.15 bits per heavy atom. The van der Waals surface area contributed by atoms with Crippen LogP contribution in [-0.4, -0.2) is 26.6 Å². The molecule has 2 heterocycles. The molecular weight excluding hydrogens is 297 g/mol. The molecule has 0 amide bonds. The van der Waals surface area contributed by atoms with Gasteiger partial charge in [-0.05, 0) is 17.7 Å². The lowest BCUT2D eigenvalue weighted by molar-refractivity contribution is -0.541. The molecule has 7 heteroatoms. The summed E-state index contributed by atoms with van der Waals surface area (Å²) in [6.45, 7) is 0.716. The topological polar surface area (TPSA) is 60.2 Å². The van der Waals surface area contributed by atoms with Crippen LogP contribution in [0.4, 0.5) is 5.82 Å². The van der Waals surface area contributed by atoms with Crippen LogP contribution in [-0.2, 0) is 6.54 Å². The normalized spacial score (nSPS) is 10.5. The molecule has 3 aromatic rings. The predicted octanol–water partition coefficient (Wildman–Crippen LogP) is -1.64. The molecule has 2 N–H and O–H groups in total. The maximum atomic E-state index is 5.88. The molecule has 0 unspecified atom stereocenters. The van der Waals surface area contributed by atoms with Crippen LogP contribution in [0.1, 0.15) is 5.56 Å². The summed E-state index contributed by atoms with van der Waals surface area (Å²) in [5, 5.41) is 2.67. The van der Waals surface area contributed by atoms with E-state index < -0.39 is 0 Å². The number of benzene rings is 1. The van der Waals surface area contributed by atoms with Gasteiger partial charge in [-0.15, -0.1) is 0 Å². The third-order valence-electron chi connectivity index (χ3n) is 2.97. The van der Waals surface area contributed by atoms with Crippen LogP contribution < -0.4 is 17.7 Å². The third-order valence-corrected chi connectivity index (χ3v) is 3.22. The number of rotatable bonds is 3. The van der Waals surface area contributed by atoms with Crippen LogP contribution in [0.2, 0.25) is 5.02 Å². The molecule has 0 saturated heterocycles. The average molecular weight is 310 g/mol. The lowest BCUT2D eigenvalue weighted by Crippen LogP contribution is -3.00. The van der Waals surface area contributed by atoms with E-state index in [0.717, 1.165) is 27.6 Å². The van der Waals surface area contributed by atoms with Crippen molar-refractivity contribution < 1.29 is 17.7 Å². The maximum absolute atomic E-state index is 5.88. The Kier molecular flexibility index (Phi) is 4.54. The van der Waals surface area contributed by atoms with Crippen molar-refractivity contribution in [3.8, 4) is 0 Å². The molecule has 0 fully saturated rings. The summed E-state index contributed by atoms with van der Waals surface area (Å²) in [6.07, 6.45) is 3.36. The number of fused-ring (bicyclic) bond motifs is 1. The summed E-state index contributed by atoms with van der Waals surface area (Å²) in [5.41, 5.74) is 2.83. The van der Waals surface area contributed by atoms with Crippen LogP contribution >= 0.6 is 11.6 Å². The van der Waals surface area contributed by atoms with E-state index in [1.165, 1.54) is 0 Å². The summed E-state index contributed by atoms with van der Waals surface area (Å²) in [6, 6.07) is 7.77. The van der Waals surface area contributed by atoms with Crippen molar-refractivity contribution in [1.82, 2.24) is 19.5 Å². The van der Waals surface area contributed by atoms with Gasteiger partial charge in [-0.2, -0.15) is 4.98 Å². The second kappa shape index (κ2) is 6.17. The van der Waals surface area contributed by atoms with E-state index in [9.17, 15) is 0 Å². The molecule has 20 heavy (non-hydrogen) atoms. The highest BCUT2D eigenvalue weighted by atomic mass is 35.5. The largest absolute Gasteiger partial charge is 1.00 e. The molecule has 2 aromatic heterocycles.